The number of aryl methyl sites for hydroxylation is 3. The Balaban J connectivity index is 0.000000187. The van der Waals surface area contributed by atoms with Gasteiger partial charge in [0, 0.05) is 4.90 Å². The molecule has 0 radical (unpaired) electrons. The molecule has 1 unspecified atom stereocenters. The van der Waals surface area contributed by atoms with E-state index in [0.29, 0.717) is 11.1 Å². The summed E-state index contributed by atoms with van der Waals surface area (Å²) < 4.78 is 39.9. The van der Waals surface area contributed by atoms with Gasteiger partial charge in [-0.1, -0.05) is 42.0 Å². The fraction of sp³-hybridized carbons (Fsp3) is 0.158. The lowest BCUT2D eigenvalue weighted by Crippen LogP contribution is -2.04. The minimum Gasteiger partial charge on any atom is -0.282 e. The molecule has 0 aliphatic rings. The van der Waals surface area contributed by atoms with Gasteiger partial charge in [0.2, 0.25) is 0 Å². The molecule has 3 rings (SSSR count). The van der Waals surface area contributed by atoms with Gasteiger partial charge in [0.05, 0.1) is 9.10 Å². The quantitative estimate of drug-likeness (QED) is 0.570. The lowest BCUT2D eigenvalue weighted by molar-refractivity contribution is 0.482. The Labute approximate surface area is 161 Å². The van der Waals surface area contributed by atoms with Crippen LogP contribution in [0.15, 0.2) is 74.0 Å². The number of hydrogen-bond donors (Lipinski definition) is 2. The zero-order chi connectivity index (χ0) is 19.3. The first-order valence-corrected chi connectivity index (χ1v) is 11.3. The first-order chi connectivity index (χ1) is 12.2. The van der Waals surface area contributed by atoms with Crippen LogP contribution < -0.4 is 0 Å². The Kier molecular flexibility index (Phi) is 6.88. The van der Waals surface area contributed by atoms with Crippen LogP contribution in [0.3, 0.4) is 0 Å². The zero-order valence-electron chi connectivity index (χ0n) is 14.8. The Morgan fingerprint density at radius 3 is 2.00 bits per heavy atom. The monoisotopic (exact) mass is 407 g/mol. The molecule has 3 aromatic rings. The van der Waals surface area contributed by atoms with Gasteiger partial charge in [-0.25, -0.2) is 0 Å². The van der Waals surface area contributed by atoms with E-state index in [-0.39, 0.29) is 4.90 Å². The van der Waals surface area contributed by atoms with Crippen molar-refractivity contribution in [1.82, 2.24) is 0 Å². The van der Waals surface area contributed by atoms with Crippen molar-refractivity contribution in [1.29, 1.82) is 4.78 Å². The van der Waals surface area contributed by atoms with Crippen molar-refractivity contribution in [2.45, 2.75) is 34.8 Å². The standard InChI is InChI=1S/C10H9NS2.C9H12O3S/c11-13(10-7-4-8-12-10)9-5-2-1-3-6-9;1-6-4-7(2)9(8(3)5-6)13(10,11)12/h1-8,11H;4-5H,1-3H3,(H,10,11,12). The van der Waals surface area contributed by atoms with Crippen LogP contribution in [-0.4, -0.2) is 13.0 Å². The van der Waals surface area contributed by atoms with E-state index < -0.39 is 20.8 Å². The fourth-order valence-corrected chi connectivity index (χ4v) is 5.72. The molecular formula is C19H21NO3S3. The van der Waals surface area contributed by atoms with Crippen LogP contribution in [0.25, 0.3) is 0 Å². The van der Waals surface area contributed by atoms with E-state index in [0.717, 1.165) is 14.7 Å². The molecule has 0 fully saturated rings. The van der Waals surface area contributed by atoms with Gasteiger partial charge in [-0.2, -0.15) is 8.42 Å². The molecule has 1 aromatic heterocycles. The fourth-order valence-electron chi connectivity index (χ4n) is 2.63. The van der Waals surface area contributed by atoms with E-state index in [1.165, 1.54) is 0 Å². The number of benzene rings is 2. The number of hydrogen-bond acceptors (Lipinski definition) is 4. The smallest absolute Gasteiger partial charge is 0.282 e. The van der Waals surface area contributed by atoms with Gasteiger partial charge in [0.15, 0.2) is 0 Å². The summed E-state index contributed by atoms with van der Waals surface area (Å²) in [6.45, 7) is 5.22. The van der Waals surface area contributed by atoms with E-state index in [4.69, 9.17) is 9.33 Å². The molecule has 2 aromatic carbocycles. The highest BCUT2D eigenvalue weighted by molar-refractivity contribution is 7.88. The van der Waals surface area contributed by atoms with Crippen molar-refractivity contribution in [2.24, 2.45) is 0 Å². The number of thiophene rings is 1. The second-order valence-corrected chi connectivity index (χ2v) is 9.84. The van der Waals surface area contributed by atoms with Crippen molar-refractivity contribution in [3.8, 4) is 0 Å². The third kappa shape index (κ3) is 5.35. The summed E-state index contributed by atoms with van der Waals surface area (Å²) >= 11 is 1.65. The molecule has 7 heteroatoms. The summed E-state index contributed by atoms with van der Waals surface area (Å²) in [5.74, 6) is 0. The average molecular weight is 408 g/mol. The van der Waals surface area contributed by atoms with Gasteiger partial charge in [0.1, 0.15) is 0 Å². The highest BCUT2D eigenvalue weighted by atomic mass is 32.2. The Morgan fingerprint density at radius 2 is 1.54 bits per heavy atom. The van der Waals surface area contributed by atoms with Crippen LogP contribution in [0, 0.1) is 25.6 Å². The second-order valence-electron chi connectivity index (χ2n) is 5.75. The van der Waals surface area contributed by atoms with Crippen molar-refractivity contribution in [2.75, 3.05) is 0 Å². The topological polar surface area (TPSA) is 78.2 Å². The summed E-state index contributed by atoms with van der Waals surface area (Å²) in [6, 6.07) is 17.5. The molecule has 138 valence electrons. The van der Waals surface area contributed by atoms with Crippen molar-refractivity contribution < 1.29 is 13.0 Å². The van der Waals surface area contributed by atoms with Gasteiger partial charge < -0.3 is 0 Å². The molecule has 1 heterocycles. The third-order valence-electron chi connectivity index (χ3n) is 3.54. The van der Waals surface area contributed by atoms with Gasteiger partial charge in [0.25, 0.3) is 10.1 Å². The maximum absolute atomic E-state index is 10.9. The maximum atomic E-state index is 10.9. The average Bonchev–Trinajstić information content (AvgIpc) is 3.07. The highest BCUT2D eigenvalue weighted by Crippen LogP contribution is 2.21. The van der Waals surface area contributed by atoms with E-state index in [2.05, 4.69) is 0 Å². The summed E-state index contributed by atoms with van der Waals surface area (Å²) in [4.78, 5) is 1.11. The lowest BCUT2D eigenvalue weighted by Gasteiger charge is -2.07. The summed E-state index contributed by atoms with van der Waals surface area (Å²) in [7, 11) is -4.58. The van der Waals surface area contributed by atoms with Crippen LogP contribution in [0.4, 0.5) is 0 Å². The molecule has 0 amide bonds. The number of nitrogens with one attached hydrogen (secondary N) is 1. The molecule has 0 aliphatic carbocycles. The molecule has 1 atom stereocenters. The van der Waals surface area contributed by atoms with Gasteiger partial charge >= 0.3 is 0 Å². The highest BCUT2D eigenvalue weighted by Gasteiger charge is 2.15. The molecule has 0 aliphatic heterocycles. The molecule has 26 heavy (non-hydrogen) atoms. The van der Waals surface area contributed by atoms with E-state index in [1.54, 1.807) is 37.3 Å². The summed E-state index contributed by atoms with van der Waals surface area (Å²) in [5, 5.41) is 2.02. The van der Waals surface area contributed by atoms with E-state index >= 15 is 0 Å². The Morgan fingerprint density at radius 1 is 0.962 bits per heavy atom. The van der Waals surface area contributed by atoms with Crippen molar-refractivity contribution in [3.05, 3.63) is 76.7 Å². The SMILES string of the molecule is Cc1cc(C)c(S(=O)(=O)O)c(C)c1.N=S(c1ccccc1)c1cccs1. The Bertz CT molecular complexity index is 973. The Hall–Kier alpha value is -1.80. The molecule has 0 saturated heterocycles. The first kappa shape index (κ1) is 20.5. The largest absolute Gasteiger partial charge is 0.295 e. The molecule has 4 nitrogen and oxygen atoms in total. The van der Waals surface area contributed by atoms with Gasteiger partial charge in [-0.3, -0.25) is 9.33 Å². The van der Waals surface area contributed by atoms with Crippen molar-refractivity contribution >= 4 is 32.1 Å². The predicted octanol–water partition coefficient (Wildman–Crippen LogP) is 5.41. The number of rotatable bonds is 3. The van der Waals surface area contributed by atoms with Crippen LogP contribution in [0.5, 0.6) is 0 Å². The van der Waals surface area contributed by atoms with Crippen molar-refractivity contribution in [3.63, 3.8) is 0 Å². The van der Waals surface area contributed by atoms with Gasteiger partial charge in [-0.15, -0.1) is 11.3 Å². The summed E-state index contributed by atoms with van der Waals surface area (Å²) in [5.41, 5.74) is 2.16. The molecular weight excluding hydrogens is 386 g/mol. The molecule has 2 N–H and O–H groups in total. The molecule has 0 bridgehead atoms. The van der Waals surface area contributed by atoms with Crippen LogP contribution in [0.1, 0.15) is 16.7 Å². The second kappa shape index (κ2) is 8.73. The lowest BCUT2D eigenvalue weighted by atomic mass is 10.1. The molecule has 0 saturated carbocycles. The van der Waals surface area contributed by atoms with Crippen LogP contribution in [-0.2, 0) is 20.8 Å². The summed E-state index contributed by atoms with van der Waals surface area (Å²) in [6.07, 6.45) is 0. The predicted molar refractivity (Wildman–Crippen MR) is 108 cm³/mol. The zero-order valence-corrected chi connectivity index (χ0v) is 17.2. The minimum atomic E-state index is -4.08. The van der Waals surface area contributed by atoms with Crippen LogP contribution in [0.2, 0.25) is 0 Å². The van der Waals surface area contributed by atoms with Crippen LogP contribution >= 0.6 is 11.3 Å². The minimum absolute atomic E-state index is 0.0260. The van der Waals surface area contributed by atoms with E-state index in [1.807, 2.05) is 54.8 Å². The van der Waals surface area contributed by atoms with Gasteiger partial charge in [-0.05, 0) is 66.2 Å². The first-order valence-electron chi connectivity index (χ1n) is 7.79. The maximum Gasteiger partial charge on any atom is 0.295 e. The molecule has 0 spiro atoms. The normalized spacial score (nSPS) is 12.2. The third-order valence-corrected chi connectivity index (χ3v) is 7.43. The van der Waals surface area contributed by atoms with E-state index in [9.17, 15) is 8.42 Å².